The molecule has 0 fully saturated rings. The molecular weight excluding hydrogens is 344 g/mol. The van der Waals surface area contributed by atoms with Gasteiger partial charge in [0.15, 0.2) is 0 Å². The molecule has 0 bridgehead atoms. The van der Waals surface area contributed by atoms with E-state index < -0.39 is 22.6 Å². The molecule has 0 aromatic heterocycles. The van der Waals surface area contributed by atoms with Crippen molar-refractivity contribution in [2.24, 2.45) is 5.10 Å². The smallest absolute Gasteiger partial charge is 0.276 e. The van der Waals surface area contributed by atoms with Crippen LogP contribution in [-0.4, -0.2) is 27.2 Å². The van der Waals surface area contributed by atoms with E-state index in [1.165, 1.54) is 6.21 Å². The average molecular weight is 361 g/mol. The molecule has 2 aromatic carbocycles. The molecule has 0 amide bonds. The van der Waals surface area contributed by atoms with E-state index >= 15 is 0 Å². The minimum Gasteiger partial charge on any atom is -0.546 e. The molecule has 0 heterocycles. The quantitative estimate of drug-likeness (QED) is 0.578. The minimum atomic E-state index is -3.75. The number of nitrogens with one attached hydrogen (secondary N) is 1. The Morgan fingerprint density at radius 1 is 1.20 bits per heavy atom. The fourth-order valence-corrected chi connectivity index (χ4v) is 3.13. The van der Waals surface area contributed by atoms with Gasteiger partial charge in [-0.05, 0) is 60.9 Å². The maximum atomic E-state index is 12.3. The first-order chi connectivity index (χ1) is 11.8. The number of rotatable bonds is 7. The summed E-state index contributed by atoms with van der Waals surface area (Å²) in [4.78, 5) is 12.7. The summed E-state index contributed by atoms with van der Waals surface area (Å²) in [5.74, 6) is -0.955. The predicted octanol–water partition coefficient (Wildman–Crippen LogP) is 0.745. The van der Waals surface area contributed by atoms with Gasteiger partial charge in [-0.1, -0.05) is 12.1 Å². The first kappa shape index (κ1) is 18.5. The molecule has 1 N–H and O–H groups in total. The second kappa shape index (κ2) is 7.80. The molecule has 0 aliphatic rings. The number of carboxylic acid groups (broad SMARTS) is 1. The van der Waals surface area contributed by atoms with Crippen molar-refractivity contribution in [1.29, 1.82) is 0 Å². The number of aliphatic carboxylic acids is 1. The van der Waals surface area contributed by atoms with Gasteiger partial charge in [0.25, 0.3) is 10.0 Å². The van der Waals surface area contributed by atoms with Crippen molar-refractivity contribution >= 4 is 22.2 Å². The molecule has 132 valence electrons. The van der Waals surface area contributed by atoms with Gasteiger partial charge in [0.1, 0.15) is 12.4 Å². The van der Waals surface area contributed by atoms with E-state index in [9.17, 15) is 18.3 Å². The van der Waals surface area contributed by atoms with Crippen LogP contribution in [0.15, 0.2) is 52.5 Å². The monoisotopic (exact) mass is 361 g/mol. The van der Waals surface area contributed by atoms with Crippen LogP contribution in [0.3, 0.4) is 0 Å². The Hall–Kier alpha value is -2.87. The highest BCUT2D eigenvalue weighted by Gasteiger charge is 2.15. The number of sulfonamides is 1. The highest BCUT2D eigenvalue weighted by Crippen LogP contribution is 2.16. The van der Waals surface area contributed by atoms with Gasteiger partial charge < -0.3 is 14.6 Å². The van der Waals surface area contributed by atoms with E-state index in [4.69, 9.17) is 4.74 Å². The van der Waals surface area contributed by atoms with Gasteiger partial charge in [0.05, 0.1) is 17.1 Å². The third-order valence-electron chi connectivity index (χ3n) is 3.26. The fraction of sp³-hybridized carbons (Fsp3) is 0.176. The van der Waals surface area contributed by atoms with E-state index in [2.05, 4.69) is 9.93 Å². The van der Waals surface area contributed by atoms with Crippen LogP contribution < -0.4 is 14.7 Å². The van der Waals surface area contributed by atoms with Gasteiger partial charge in [0, 0.05) is 0 Å². The number of aryl methyl sites for hydroxylation is 2. The van der Waals surface area contributed by atoms with Crippen molar-refractivity contribution in [2.75, 3.05) is 6.61 Å². The summed E-state index contributed by atoms with van der Waals surface area (Å²) >= 11 is 0. The number of hydrogen-bond acceptors (Lipinski definition) is 6. The Morgan fingerprint density at radius 2 is 1.88 bits per heavy atom. The van der Waals surface area contributed by atoms with Gasteiger partial charge in [0.2, 0.25) is 0 Å². The van der Waals surface area contributed by atoms with Gasteiger partial charge >= 0.3 is 0 Å². The van der Waals surface area contributed by atoms with Crippen LogP contribution in [0.4, 0.5) is 0 Å². The van der Waals surface area contributed by atoms with Crippen LogP contribution in [0, 0.1) is 13.8 Å². The summed E-state index contributed by atoms with van der Waals surface area (Å²) in [6, 6.07) is 11.5. The third-order valence-corrected chi connectivity index (χ3v) is 4.62. The highest BCUT2D eigenvalue weighted by molar-refractivity contribution is 7.89. The molecule has 0 unspecified atom stereocenters. The molecule has 0 saturated carbocycles. The second-order valence-electron chi connectivity index (χ2n) is 5.35. The number of carboxylic acids is 1. The molecule has 0 aliphatic carbocycles. The zero-order valence-electron chi connectivity index (χ0n) is 13.7. The zero-order valence-corrected chi connectivity index (χ0v) is 14.5. The Balaban J connectivity index is 2.04. The summed E-state index contributed by atoms with van der Waals surface area (Å²) < 4.78 is 29.5. The summed E-state index contributed by atoms with van der Waals surface area (Å²) in [5.41, 5.74) is 2.08. The van der Waals surface area contributed by atoms with E-state index in [1.54, 1.807) is 43.3 Å². The predicted molar refractivity (Wildman–Crippen MR) is 90.8 cm³/mol. The number of nitrogens with zero attached hydrogens (tertiary/aromatic N) is 1. The minimum absolute atomic E-state index is 0.177. The molecule has 0 spiro atoms. The molecule has 8 heteroatoms. The lowest BCUT2D eigenvalue weighted by molar-refractivity contribution is -0.307. The van der Waals surface area contributed by atoms with Crippen LogP contribution in [0.1, 0.15) is 16.7 Å². The largest absolute Gasteiger partial charge is 0.546 e. The van der Waals surface area contributed by atoms with Crippen molar-refractivity contribution in [3.8, 4) is 5.75 Å². The lowest BCUT2D eigenvalue weighted by Crippen LogP contribution is -2.28. The standard InChI is InChI=1S/C17H18N2O5S/c1-12-3-4-13(2)16(9-12)25(22,23)19-18-10-14-5-7-15(8-6-14)24-11-17(20)21/h3-10,19H,11H2,1-2H3,(H,20,21)/p-1/b18-10-. The van der Waals surface area contributed by atoms with E-state index in [0.29, 0.717) is 16.9 Å². The summed E-state index contributed by atoms with van der Waals surface area (Å²) in [7, 11) is -3.75. The summed E-state index contributed by atoms with van der Waals surface area (Å²) in [6.45, 7) is 2.98. The molecule has 0 atom stereocenters. The van der Waals surface area contributed by atoms with E-state index in [-0.39, 0.29) is 4.90 Å². The summed E-state index contributed by atoms with van der Waals surface area (Å²) in [6.07, 6.45) is 1.34. The molecule has 25 heavy (non-hydrogen) atoms. The first-order valence-corrected chi connectivity index (χ1v) is 8.81. The number of benzene rings is 2. The van der Waals surface area contributed by atoms with Crippen molar-refractivity contribution in [3.63, 3.8) is 0 Å². The average Bonchev–Trinajstić information content (AvgIpc) is 2.56. The maximum Gasteiger partial charge on any atom is 0.276 e. The highest BCUT2D eigenvalue weighted by atomic mass is 32.2. The van der Waals surface area contributed by atoms with Crippen LogP contribution >= 0.6 is 0 Å². The van der Waals surface area contributed by atoms with E-state index in [0.717, 1.165) is 5.56 Å². The zero-order chi connectivity index (χ0) is 18.4. The van der Waals surface area contributed by atoms with Gasteiger partial charge in [-0.2, -0.15) is 13.5 Å². The Kier molecular flexibility index (Phi) is 5.76. The van der Waals surface area contributed by atoms with Crippen molar-refractivity contribution in [2.45, 2.75) is 18.7 Å². The van der Waals surface area contributed by atoms with Gasteiger partial charge in [-0.3, -0.25) is 0 Å². The fourth-order valence-electron chi connectivity index (χ4n) is 2.01. The van der Waals surface area contributed by atoms with Crippen molar-refractivity contribution < 1.29 is 23.1 Å². The Morgan fingerprint density at radius 3 is 2.52 bits per heavy atom. The SMILES string of the molecule is Cc1ccc(C)c(S(=O)(=O)N/N=C\c2ccc(OCC(=O)[O-])cc2)c1. The van der Waals surface area contributed by atoms with Crippen LogP contribution in [0.2, 0.25) is 0 Å². The van der Waals surface area contributed by atoms with Crippen LogP contribution in [-0.2, 0) is 14.8 Å². The molecule has 0 radical (unpaired) electrons. The lowest BCUT2D eigenvalue weighted by atomic mass is 10.2. The van der Waals surface area contributed by atoms with Crippen molar-refractivity contribution in [3.05, 3.63) is 59.2 Å². The number of carbonyl (C=O) groups excluding carboxylic acids is 1. The number of hydrazone groups is 1. The topological polar surface area (TPSA) is 108 Å². The molecule has 7 nitrogen and oxygen atoms in total. The molecule has 0 aliphatic heterocycles. The van der Waals surface area contributed by atoms with Gasteiger partial charge in [-0.25, -0.2) is 4.83 Å². The Bertz CT molecular complexity index is 890. The van der Waals surface area contributed by atoms with Crippen LogP contribution in [0.5, 0.6) is 5.75 Å². The molecular formula is C17H17N2O5S-. The summed E-state index contributed by atoms with van der Waals surface area (Å²) in [5, 5.41) is 14.1. The number of ether oxygens (including phenoxy) is 1. The molecule has 2 aromatic rings. The lowest BCUT2D eigenvalue weighted by Gasteiger charge is -2.08. The number of hydrogen-bond donors (Lipinski definition) is 1. The maximum absolute atomic E-state index is 12.3. The molecule has 0 saturated heterocycles. The van der Waals surface area contributed by atoms with Crippen LogP contribution in [0.25, 0.3) is 0 Å². The van der Waals surface area contributed by atoms with E-state index in [1.807, 2.05) is 13.0 Å². The Labute approximate surface area is 146 Å². The van der Waals surface area contributed by atoms with Crippen molar-refractivity contribution in [1.82, 2.24) is 4.83 Å². The number of carbonyl (C=O) groups is 1. The molecule has 2 rings (SSSR count). The second-order valence-corrected chi connectivity index (χ2v) is 6.98. The normalized spacial score (nSPS) is 11.4. The first-order valence-electron chi connectivity index (χ1n) is 7.33. The third kappa shape index (κ3) is 5.32. The van der Waals surface area contributed by atoms with Gasteiger partial charge in [-0.15, -0.1) is 0 Å².